The van der Waals surface area contributed by atoms with Gasteiger partial charge < -0.3 is 15.0 Å². The fraction of sp³-hybridized carbons (Fsp3) is 0.350. The molecule has 0 bridgehead atoms. The molecule has 2 aromatic rings. The van der Waals surface area contributed by atoms with E-state index in [2.05, 4.69) is 40.5 Å². The smallest absolute Gasteiger partial charge is 0.173 e. The highest BCUT2D eigenvalue weighted by Crippen LogP contribution is 2.25. The Morgan fingerprint density at radius 1 is 1.08 bits per heavy atom. The second-order valence-electron chi connectivity index (χ2n) is 6.25. The zero-order chi connectivity index (χ0) is 16.8. The Hall–Kier alpha value is -2.07. The van der Waals surface area contributed by atoms with E-state index in [1.54, 1.807) is 7.11 Å². The molecule has 1 N–H and O–H groups in total. The fourth-order valence-electron chi connectivity index (χ4n) is 3.23. The molecule has 0 unspecified atom stereocenters. The van der Waals surface area contributed by atoms with Gasteiger partial charge in [-0.2, -0.15) is 0 Å². The number of nitrogens with one attached hydrogen (secondary N) is 1. The first-order valence-corrected chi connectivity index (χ1v) is 8.90. The van der Waals surface area contributed by atoms with Crippen molar-refractivity contribution < 1.29 is 4.74 Å². The van der Waals surface area contributed by atoms with Crippen LogP contribution in [-0.2, 0) is 6.42 Å². The lowest BCUT2D eigenvalue weighted by Crippen LogP contribution is -2.41. The number of para-hydroxylation sites is 2. The first-order valence-electron chi connectivity index (χ1n) is 8.49. The predicted octanol–water partition coefficient (Wildman–Crippen LogP) is 4.35. The molecule has 0 saturated carbocycles. The number of likely N-dealkylation sites (tertiary alicyclic amines) is 1. The summed E-state index contributed by atoms with van der Waals surface area (Å²) in [4.78, 5) is 2.27. The van der Waals surface area contributed by atoms with Gasteiger partial charge in [0.25, 0.3) is 0 Å². The van der Waals surface area contributed by atoms with Crippen molar-refractivity contribution in [1.82, 2.24) is 4.90 Å². The second-order valence-corrected chi connectivity index (χ2v) is 6.64. The standard InChI is InChI=1S/C20H24N2OS/c1-23-19-10-6-5-9-18(19)21-20(24)22-13-11-17(12-14-22)15-16-7-3-2-4-8-16/h2-10,17H,11-15H2,1H3,(H,21,24). The van der Waals surface area contributed by atoms with E-state index in [0.29, 0.717) is 0 Å². The predicted molar refractivity (Wildman–Crippen MR) is 104 cm³/mol. The summed E-state index contributed by atoms with van der Waals surface area (Å²) >= 11 is 5.59. The van der Waals surface area contributed by atoms with Crippen molar-refractivity contribution in [2.24, 2.45) is 5.92 Å². The van der Waals surface area contributed by atoms with Crippen LogP contribution in [0.5, 0.6) is 5.75 Å². The summed E-state index contributed by atoms with van der Waals surface area (Å²) in [6.07, 6.45) is 3.53. The van der Waals surface area contributed by atoms with Gasteiger partial charge in [0.2, 0.25) is 0 Å². The number of methoxy groups -OCH3 is 1. The van der Waals surface area contributed by atoms with Crippen molar-refractivity contribution in [1.29, 1.82) is 0 Å². The summed E-state index contributed by atoms with van der Waals surface area (Å²) in [7, 11) is 1.68. The van der Waals surface area contributed by atoms with Crippen LogP contribution >= 0.6 is 12.2 Å². The zero-order valence-electron chi connectivity index (χ0n) is 14.1. The maximum absolute atomic E-state index is 5.59. The minimum Gasteiger partial charge on any atom is -0.495 e. The van der Waals surface area contributed by atoms with Crippen molar-refractivity contribution >= 4 is 23.0 Å². The molecule has 0 amide bonds. The number of rotatable bonds is 4. The maximum Gasteiger partial charge on any atom is 0.173 e. The topological polar surface area (TPSA) is 24.5 Å². The Morgan fingerprint density at radius 2 is 1.75 bits per heavy atom. The molecule has 1 fully saturated rings. The molecule has 1 aliphatic heterocycles. The number of hydrogen-bond acceptors (Lipinski definition) is 2. The van der Waals surface area contributed by atoms with Gasteiger partial charge >= 0.3 is 0 Å². The largest absolute Gasteiger partial charge is 0.495 e. The molecule has 0 radical (unpaired) electrons. The van der Waals surface area contributed by atoms with Crippen LogP contribution in [0.1, 0.15) is 18.4 Å². The summed E-state index contributed by atoms with van der Waals surface area (Å²) in [6, 6.07) is 18.6. The van der Waals surface area contributed by atoms with Crippen LogP contribution in [0.25, 0.3) is 0 Å². The normalized spacial score (nSPS) is 15.1. The highest BCUT2D eigenvalue weighted by atomic mass is 32.1. The van der Waals surface area contributed by atoms with Crippen molar-refractivity contribution in [2.45, 2.75) is 19.3 Å². The van der Waals surface area contributed by atoms with Crippen LogP contribution in [-0.4, -0.2) is 30.2 Å². The van der Waals surface area contributed by atoms with Crippen LogP contribution in [0, 0.1) is 5.92 Å². The molecule has 1 aliphatic rings. The highest BCUT2D eigenvalue weighted by Gasteiger charge is 2.21. The fourth-order valence-corrected chi connectivity index (χ4v) is 3.52. The quantitative estimate of drug-likeness (QED) is 0.837. The van der Waals surface area contributed by atoms with Crippen molar-refractivity contribution in [3.8, 4) is 5.75 Å². The average Bonchev–Trinajstić information content (AvgIpc) is 2.63. The summed E-state index contributed by atoms with van der Waals surface area (Å²) < 4.78 is 5.38. The minimum absolute atomic E-state index is 0.748. The number of piperidine rings is 1. The number of benzene rings is 2. The monoisotopic (exact) mass is 340 g/mol. The van der Waals surface area contributed by atoms with Crippen molar-refractivity contribution in [3.63, 3.8) is 0 Å². The lowest BCUT2D eigenvalue weighted by molar-refractivity contribution is 0.268. The van der Waals surface area contributed by atoms with Gasteiger partial charge in [-0.25, -0.2) is 0 Å². The second kappa shape index (κ2) is 8.15. The van der Waals surface area contributed by atoms with Gasteiger partial charge in [-0.1, -0.05) is 42.5 Å². The molecule has 1 saturated heterocycles. The molecule has 24 heavy (non-hydrogen) atoms. The van der Waals surface area contributed by atoms with E-state index in [1.165, 1.54) is 24.8 Å². The summed E-state index contributed by atoms with van der Waals surface area (Å²) in [5.41, 5.74) is 2.36. The highest BCUT2D eigenvalue weighted by molar-refractivity contribution is 7.80. The third-order valence-corrected chi connectivity index (χ3v) is 4.98. The van der Waals surface area contributed by atoms with Gasteiger partial charge in [0.1, 0.15) is 5.75 Å². The molecule has 0 aliphatic carbocycles. The molecule has 3 rings (SSSR count). The van der Waals surface area contributed by atoms with E-state index in [4.69, 9.17) is 17.0 Å². The number of anilines is 1. The number of ether oxygens (including phenoxy) is 1. The number of nitrogens with zero attached hydrogens (tertiary/aromatic N) is 1. The third-order valence-electron chi connectivity index (χ3n) is 4.62. The van der Waals surface area contributed by atoms with E-state index in [-0.39, 0.29) is 0 Å². The Bertz CT molecular complexity index is 666. The molecule has 2 aromatic carbocycles. The molecule has 126 valence electrons. The molecule has 0 spiro atoms. The van der Waals surface area contributed by atoms with Crippen LogP contribution < -0.4 is 10.1 Å². The number of hydrogen-bond donors (Lipinski definition) is 1. The van der Waals surface area contributed by atoms with Crippen molar-refractivity contribution in [2.75, 3.05) is 25.5 Å². The zero-order valence-corrected chi connectivity index (χ0v) is 14.9. The summed E-state index contributed by atoms with van der Waals surface area (Å²) in [6.45, 7) is 2.02. The molecule has 0 aromatic heterocycles. The molecule has 3 nitrogen and oxygen atoms in total. The Morgan fingerprint density at radius 3 is 2.46 bits per heavy atom. The van der Waals surface area contributed by atoms with Gasteiger partial charge in [-0.3, -0.25) is 0 Å². The SMILES string of the molecule is COc1ccccc1NC(=S)N1CCC(Cc2ccccc2)CC1. The molecule has 1 heterocycles. The molecule has 0 atom stereocenters. The van der Waals surface area contributed by atoms with Gasteiger partial charge in [0.15, 0.2) is 5.11 Å². The Labute approximate surface area is 149 Å². The van der Waals surface area contributed by atoms with Crippen LogP contribution in [0.3, 0.4) is 0 Å². The van der Waals surface area contributed by atoms with Crippen molar-refractivity contribution in [3.05, 3.63) is 60.2 Å². The Kier molecular flexibility index (Phi) is 5.70. The first kappa shape index (κ1) is 16.8. The van der Waals surface area contributed by atoms with Crippen LogP contribution in [0.2, 0.25) is 0 Å². The minimum atomic E-state index is 0.748. The van der Waals surface area contributed by atoms with E-state index in [9.17, 15) is 0 Å². The molecule has 4 heteroatoms. The summed E-state index contributed by atoms with van der Waals surface area (Å²) in [5, 5.41) is 4.12. The lowest BCUT2D eigenvalue weighted by Gasteiger charge is -2.34. The van der Waals surface area contributed by atoms with E-state index < -0.39 is 0 Å². The van der Waals surface area contributed by atoms with Gasteiger partial charge in [-0.05, 0) is 55.1 Å². The summed E-state index contributed by atoms with van der Waals surface area (Å²) in [5.74, 6) is 1.57. The van der Waals surface area contributed by atoms with E-state index in [0.717, 1.165) is 35.6 Å². The molecular weight excluding hydrogens is 316 g/mol. The van der Waals surface area contributed by atoms with E-state index in [1.807, 2.05) is 24.3 Å². The van der Waals surface area contributed by atoms with Crippen LogP contribution in [0.4, 0.5) is 5.69 Å². The van der Waals surface area contributed by atoms with Crippen LogP contribution in [0.15, 0.2) is 54.6 Å². The Balaban J connectivity index is 1.52. The first-order chi connectivity index (χ1) is 11.8. The average molecular weight is 340 g/mol. The maximum atomic E-state index is 5.59. The lowest BCUT2D eigenvalue weighted by atomic mass is 9.90. The van der Waals surface area contributed by atoms with E-state index >= 15 is 0 Å². The van der Waals surface area contributed by atoms with Gasteiger partial charge in [-0.15, -0.1) is 0 Å². The third kappa shape index (κ3) is 4.26. The van der Waals surface area contributed by atoms with Gasteiger partial charge in [0.05, 0.1) is 12.8 Å². The molecular formula is C20H24N2OS. The number of thiocarbonyl (C=S) groups is 1. The van der Waals surface area contributed by atoms with Gasteiger partial charge in [0, 0.05) is 13.1 Å².